The minimum absolute atomic E-state index is 0.649. The van der Waals surface area contributed by atoms with Gasteiger partial charge >= 0.3 is 0 Å². The highest BCUT2D eigenvalue weighted by Gasteiger charge is 2.18. The number of para-hydroxylation sites is 2. The van der Waals surface area contributed by atoms with E-state index >= 15 is 0 Å². The first-order valence-electron chi connectivity index (χ1n) is 19.0. The molecule has 0 N–H and O–H groups in total. The van der Waals surface area contributed by atoms with Gasteiger partial charge in [-0.3, -0.25) is 4.99 Å². The van der Waals surface area contributed by atoms with Crippen LogP contribution in [0, 0.1) is 0 Å². The van der Waals surface area contributed by atoms with E-state index in [9.17, 15) is 0 Å². The molecule has 0 amide bonds. The highest BCUT2D eigenvalue weighted by atomic mass is 16.3. The standard InChI is InChI=1S/C51H36N4O/c1-33(38-27-15-28-45-42-25-12-13-29-46(42)56-48(38)45)52-47-43-26-11-10-23-40(43)39-22-8-9-24-41(39)44(47)31-30-34-16-14-21-37(32-34)51-54-49(35-17-4-2-5-18-35)53-50(55-51)36-19-6-3-7-20-36/h2-29,32H,30-31H2,1H3. The van der Waals surface area contributed by atoms with Crippen LogP contribution in [0.5, 0.6) is 0 Å². The zero-order valence-corrected chi connectivity index (χ0v) is 30.9. The normalized spacial score (nSPS) is 11.9. The Bertz CT molecular complexity index is 3040. The third-order valence-electron chi connectivity index (χ3n) is 10.6. The molecule has 5 heteroatoms. The second-order valence-corrected chi connectivity index (χ2v) is 14.1. The molecule has 0 spiro atoms. The summed E-state index contributed by atoms with van der Waals surface area (Å²) in [7, 11) is 0. The number of nitrogens with zero attached hydrogens (tertiary/aromatic N) is 4. The van der Waals surface area contributed by atoms with Crippen molar-refractivity contribution < 1.29 is 4.42 Å². The van der Waals surface area contributed by atoms with E-state index in [4.69, 9.17) is 24.4 Å². The smallest absolute Gasteiger partial charge is 0.164 e. The molecule has 266 valence electrons. The van der Waals surface area contributed by atoms with Crippen LogP contribution in [0.25, 0.3) is 77.6 Å². The Hall–Kier alpha value is -7.24. The number of hydrogen-bond acceptors (Lipinski definition) is 5. The van der Waals surface area contributed by atoms with Crippen molar-refractivity contribution in [3.63, 3.8) is 0 Å². The summed E-state index contributed by atoms with van der Waals surface area (Å²) in [5.74, 6) is 1.95. The molecule has 10 rings (SSSR count). The molecular weight excluding hydrogens is 685 g/mol. The minimum atomic E-state index is 0.649. The van der Waals surface area contributed by atoms with Crippen LogP contribution >= 0.6 is 0 Å². The van der Waals surface area contributed by atoms with Crippen molar-refractivity contribution in [2.24, 2.45) is 4.99 Å². The predicted octanol–water partition coefficient (Wildman–Crippen LogP) is 13.0. The lowest BCUT2D eigenvalue weighted by Crippen LogP contribution is -2.01. The summed E-state index contributed by atoms with van der Waals surface area (Å²) < 4.78 is 6.45. The number of aryl methyl sites for hydroxylation is 2. The van der Waals surface area contributed by atoms with Gasteiger partial charge in [-0.2, -0.15) is 0 Å². The topological polar surface area (TPSA) is 64.2 Å². The lowest BCUT2D eigenvalue weighted by molar-refractivity contribution is 0.668. The number of benzene rings is 8. The number of fused-ring (bicyclic) bond motifs is 6. The van der Waals surface area contributed by atoms with Gasteiger partial charge in [-0.25, -0.2) is 15.0 Å². The van der Waals surface area contributed by atoms with E-state index in [1.54, 1.807) is 0 Å². The van der Waals surface area contributed by atoms with Crippen LogP contribution in [0.1, 0.15) is 23.6 Å². The predicted molar refractivity (Wildman–Crippen MR) is 231 cm³/mol. The monoisotopic (exact) mass is 720 g/mol. The van der Waals surface area contributed by atoms with Gasteiger partial charge in [0.05, 0.1) is 5.69 Å². The van der Waals surface area contributed by atoms with E-state index in [0.29, 0.717) is 17.5 Å². The summed E-state index contributed by atoms with van der Waals surface area (Å²) in [6, 6.07) is 60.8. The minimum Gasteiger partial charge on any atom is -0.455 e. The van der Waals surface area contributed by atoms with Crippen LogP contribution in [-0.4, -0.2) is 20.7 Å². The second kappa shape index (κ2) is 14.2. The zero-order valence-electron chi connectivity index (χ0n) is 30.9. The van der Waals surface area contributed by atoms with Crippen molar-refractivity contribution in [2.75, 3.05) is 0 Å². The van der Waals surface area contributed by atoms with Gasteiger partial charge in [-0.15, -0.1) is 0 Å². The molecule has 56 heavy (non-hydrogen) atoms. The lowest BCUT2D eigenvalue weighted by atomic mass is 9.91. The largest absolute Gasteiger partial charge is 0.455 e. The van der Waals surface area contributed by atoms with Crippen LogP contribution in [0.4, 0.5) is 5.69 Å². The molecule has 8 aromatic carbocycles. The average Bonchev–Trinajstić information content (AvgIpc) is 3.66. The van der Waals surface area contributed by atoms with Gasteiger partial charge in [-0.05, 0) is 65.3 Å². The Morgan fingerprint density at radius 1 is 0.464 bits per heavy atom. The molecule has 0 atom stereocenters. The first kappa shape index (κ1) is 33.3. The molecule has 0 saturated carbocycles. The van der Waals surface area contributed by atoms with Gasteiger partial charge in [0.25, 0.3) is 0 Å². The van der Waals surface area contributed by atoms with E-state index in [1.165, 1.54) is 27.3 Å². The Labute approximate surface area is 324 Å². The van der Waals surface area contributed by atoms with Gasteiger partial charge in [-0.1, -0.05) is 158 Å². The molecule has 0 radical (unpaired) electrons. The number of hydrogen-bond donors (Lipinski definition) is 0. The van der Waals surface area contributed by atoms with Crippen LogP contribution in [-0.2, 0) is 12.8 Å². The highest BCUT2D eigenvalue weighted by Crippen LogP contribution is 2.40. The van der Waals surface area contributed by atoms with E-state index in [0.717, 1.165) is 73.8 Å². The van der Waals surface area contributed by atoms with E-state index in [1.807, 2.05) is 72.8 Å². The van der Waals surface area contributed by atoms with Gasteiger partial charge < -0.3 is 4.42 Å². The molecule has 0 bridgehead atoms. The summed E-state index contributed by atoms with van der Waals surface area (Å²) in [5, 5.41) is 6.99. The lowest BCUT2D eigenvalue weighted by Gasteiger charge is -2.16. The van der Waals surface area contributed by atoms with Crippen molar-refractivity contribution in [3.8, 4) is 34.2 Å². The molecule has 0 saturated heterocycles. The molecule has 0 aliphatic carbocycles. The van der Waals surface area contributed by atoms with Gasteiger partial charge in [0.15, 0.2) is 17.5 Å². The van der Waals surface area contributed by atoms with Crippen molar-refractivity contribution in [3.05, 3.63) is 193 Å². The average molecular weight is 721 g/mol. The number of aliphatic imine (C=N–C) groups is 1. The maximum atomic E-state index is 6.45. The summed E-state index contributed by atoms with van der Waals surface area (Å²) in [4.78, 5) is 20.4. The van der Waals surface area contributed by atoms with Crippen LogP contribution in [0.3, 0.4) is 0 Å². The molecular formula is C51H36N4O. The summed E-state index contributed by atoms with van der Waals surface area (Å²) >= 11 is 0. The number of rotatable bonds is 8. The summed E-state index contributed by atoms with van der Waals surface area (Å²) in [5.41, 5.74) is 9.93. The zero-order chi connectivity index (χ0) is 37.4. The van der Waals surface area contributed by atoms with E-state index < -0.39 is 0 Å². The molecule has 2 aromatic heterocycles. The molecule has 0 aliphatic rings. The maximum absolute atomic E-state index is 6.45. The molecule has 0 unspecified atom stereocenters. The molecule has 10 aromatic rings. The maximum Gasteiger partial charge on any atom is 0.164 e. The molecule has 0 fully saturated rings. The molecule has 2 heterocycles. The van der Waals surface area contributed by atoms with Gasteiger partial charge in [0, 0.05) is 44.1 Å². The third kappa shape index (κ3) is 6.09. The second-order valence-electron chi connectivity index (χ2n) is 14.1. The third-order valence-corrected chi connectivity index (χ3v) is 10.6. The fourth-order valence-corrected chi connectivity index (χ4v) is 7.91. The highest BCUT2D eigenvalue weighted by molar-refractivity contribution is 6.18. The molecule has 0 aliphatic heterocycles. The van der Waals surface area contributed by atoms with E-state index in [-0.39, 0.29) is 0 Å². The first-order chi connectivity index (χ1) is 27.7. The van der Waals surface area contributed by atoms with Gasteiger partial charge in [0.1, 0.15) is 11.2 Å². The Balaban J connectivity index is 1.07. The fourth-order valence-electron chi connectivity index (χ4n) is 7.91. The van der Waals surface area contributed by atoms with Crippen LogP contribution in [0.15, 0.2) is 185 Å². The summed E-state index contributed by atoms with van der Waals surface area (Å²) in [6.45, 7) is 2.10. The molecule has 5 nitrogen and oxygen atoms in total. The van der Waals surface area contributed by atoms with Crippen molar-refractivity contribution in [2.45, 2.75) is 19.8 Å². The number of aromatic nitrogens is 3. The number of furan rings is 1. The SMILES string of the molecule is CC(=Nc1c(CCc2cccc(-c3nc(-c4ccccc4)nc(-c4ccccc4)n3)c2)c2ccccc2c2ccccc12)c1cccc2c1oc1ccccc12. The Kier molecular flexibility index (Phi) is 8.45. The summed E-state index contributed by atoms with van der Waals surface area (Å²) in [6.07, 6.45) is 1.59. The Morgan fingerprint density at radius 3 is 1.68 bits per heavy atom. The van der Waals surface area contributed by atoms with Crippen LogP contribution < -0.4 is 0 Å². The van der Waals surface area contributed by atoms with Crippen LogP contribution in [0.2, 0.25) is 0 Å². The van der Waals surface area contributed by atoms with Crippen molar-refractivity contribution in [1.29, 1.82) is 0 Å². The Morgan fingerprint density at radius 2 is 0.982 bits per heavy atom. The van der Waals surface area contributed by atoms with Gasteiger partial charge in [0.2, 0.25) is 0 Å². The first-order valence-corrected chi connectivity index (χ1v) is 19.0. The quantitative estimate of drug-likeness (QED) is 0.116. The fraction of sp³-hybridized carbons (Fsp3) is 0.0588. The van der Waals surface area contributed by atoms with Crippen molar-refractivity contribution in [1.82, 2.24) is 15.0 Å². The van der Waals surface area contributed by atoms with Crippen molar-refractivity contribution >= 4 is 54.9 Å². The van der Waals surface area contributed by atoms with E-state index in [2.05, 4.69) is 110 Å².